The molecule has 1 unspecified atom stereocenters. The van der Waals surface area contributed by atoms with E-state index in [2.05, 4.69) is 10.6 Å². The van der Waals surface area contributed by atoms with Gasteiger partial charge in [0.05, 0.1) is 4.90 Å². The molecule has 3 aromatic rings. The maximum absolute atomic E-state index is 12.6. The van der Waals surface area contributed by atoms with Gasteiger partial charge in [0.2, 0.25) is 5.91 Å². The van der Waals surface area contributed by atoms with E-state index in [4.69, 9.17) is 11.2 Å². The Balaban J connectivity index is 1.61. The Kier molecular flexibility index (Phi) is 7.47. The van der Waals surface area contributed by atoms with Gasteiger partial charge in [-0.15, -0.1) is 12.3 Å². The quantitative estimate of drug-likeness (QED) is 0.512. The maximum Gasteiger partial charge on any atom is 0.264 e. The van der Waals surface area contributed by atoms with Gasteiger partial charge in [-0.3, -0.25) is 4.79 Å². The van der Waals surface area contributed by atoms with Crippen LogP contribution in [0.15, 0.2) is 89.8 Å². The molecule has 0 fully saturated rings. The summed E-state index contributed by atoms with van der Waals surface area (Å²) in [7, 11) is -3.99. The first kappa shape index (κ1) is 22.1. The van der Waals surface area contributed by atoms with E-state index in [0.29, 0.717) is 18.8 Å². The van der Waals surface area contributed by atoms with Gasteiger partial charge in [-0.1, -0.05) is 60.7 Å². The third-order valence-electron chi connectivity index (χ3n) is 4.70. The summed E-state index contributed by atoms with van der Waals surface area (Å²) in [6.07, 6.45) is 5.74. The van der Waals surface area contributed by atoms with Gasteiger partial charge in [-0.2, -0.15) is 0 Å². The van der Waals surface area contributed by atoms with Crippen molar-refractivity contribution in [2.24, 2.45) is 0 Å². The normalized spacial score (nSPS) is 11.8. The summed E-state index contributed by atoms with van der Waals surface area (Å²) in [6.45, 7) is 0.375. The van der Waals surface area contributed by atoms with Gasteiger partial charge in [0.1, 0.15) is 12.4 Å². The molecule has 0 saturated heterocycles. The van der Waals surface area contributed by atoms with E-state index in [-0.39, 0.29) is 17.2 Å². The molecule has 1 N–H and O–H groups in total. The second-order valence-electron chi connectivity index (χ2n) is 6.99. The Labute approximate surface area is 183 Å². The Hall–Kier alpha value is -3.56. The molecule has 0 spiro atoms. The minimum atomic E-state index is -3.99. The molecule has 5 nitrogen and oxygen atoms in total. The third-order valence-corrected chi connectivity index (χ3v) is 6.09. The van der Waals surface area contributed by atoms with E-state index in [0.717, 1.165) is 11.1 Å². The van der Waals surface area contributed by atoms with Gasteiger partial charge in [0.25, 0.3) is 10.0 Å². The monoisotopic (exact) mass is 433 g/mol. The lowest BCUT2D eigenvalue weighted by atomic mass is 9.93. The van der Waals surface area contributed by atoms with Crippen LogP contribution in [-0.2, 0) is 21.4 Å². The van der Waals surface area contributed by atoms with Crippen molar-refractivity contribution >= 4 is 15.9 Å². The van der Waals surface area contributed by atoms with E-state index >= 15 is 0 Å². The molecule has 1 atom stereocenters. The number of carbonyl (C=O) groups excluding carboxylic acids is 1. The largest absolute Gasteiger partial charge is 0.489 e. The van der Waals surface area contributed by atoms with Crippen LogP contribution >= 0.6 is 0 Å². The molecular weight excluding hydrogens is 410 g/mol. The molecule has 31 heavy (non-hydrogen) atoms. The summed E-state index contributed by atoms with van der Waals surface area (Å²) >= 11 is 0. The van der Waals surface area contributed by atoms with Crippen molar-refractivity contribution < 1.29 is 17.9 Å². The minimum Gasteiger partial charge on any atom is -0.489 e. The van der Waals surface area contributed by atoms with E-state index in [1.807, 2.05) is 60.7 Å². The number of ether oxygens (including phenoxy) is 1. The second-order valence-corrected chi connectivity index (χ2v) is 8.68. The van der Waals surface area contributed by atoms with Crippen LogP contribution in [0, 0.1) is 12.3 Å². The van der Waals surface area contributed by atoms with Crippen molar-refractivity contribution in [3.05, 3.63) is 96.1 Å². The van der Waals surface area contributed by atoms with Crippen LogP contribution in [0.1, 0.15) is 29.9 Å². The van der Waals surface area contributed by atoms with E-state index in [9.17, 15) is 13.2 Å². The summed E-state index contributed by atoms with van der Waals surface area (Å²) < 4.78 is 33.0. The van der Waals surface area contributed by atoms with Crippen LogP contribution in [-0.4, -0.2) is 14.3 Å². The van der Waals surface area contributed by atoms with Crippen molar-refractivity contribution in [2.45, 2.75) is 30.3 Å². The average molecular weight is 434 g/mol. The van der Waals surface area contributed by atoms with Crippen LogP contribution in [0.3, 0.4) is 0 Å². The van der Waals surface area contributed by atoms with Crippen molar-refractivity contribution in [2.75, 3.05) is 0 Å². The zero-order valence-electron chi connectivity index (χ0n) is 16.9. The molecule has 3 rings (SSSR count). The highest BCUT2D eigenvalue weighted by molar-refractivity contribution is 7.90. The molecule has 0 heterocycles. The molecule has 0 saturated carbocycles. The minimum absolute atomic E-state index is 0.0128. The SMILES string of the molecule is C#CCC(CC(=O)NS(=O)(=O)c1ccc(OCc2ccccc2)cc1)c1ccccc1. The van der Waals surface area contributed by atoms with Gasteiger partial charge in [0.15, 0.2) is 0 Å². The molecule has 1 amide bonds. The van der Waals surface area contributed by atoms with Gasteiger partial charge in [-0.05, 0) is 35.4 Å². The van der Waals surface area contributed by atoms with Gasteiger partial charge in [-0.25, -0.2) is 13.1 Å². The fraction of sp³-hybridized carbons (Fsp3) is 0.160. The highest BCUT2D eigenvalue weighted by Crippen LogP contribution is 2.23. The molecule has 0 aliphatic heterocycles. The molecule has 0 radical (unpaired) electrons. The topological polar surface area (TPSA) is 72.5 Å². The molecule has 0 bridgehead atoms. The number of rotatable bonds is 9. The molecule has 3 aromatic carbocycles. The summed E-state index contributed by atoms with van der Waals surface area (Å²) in [5, 5.41) is 0. The number of nitrogens with one attached hydrogen (secondary N) is 1. The number of hydrogen-bond acceptors (Lipinski definition) is 4. The lowest BCUT2D eigenvalue weighted by Crippen LogP contribution is -2.31. The third kappa shape index (κ3) is 6.46. The van der Waals surface area contributed by atoms with Crippen LogP contribution in [0.25, 0.3) is 0 Å². The highest BCUT2D eigenvalue weighted by atomic mass is 32.2. The Morgan fingerprint density at radius 1 is 0.935 bits per heavy atom. The highest BCUT2D eigenvalue weighted by Gasteiger charge is 2.21. The summed E-state index contributed by atoms with van der Waals surface area (Å²) in [6, 6.07) is 24.9. The Bertz CT molecular complexity index is 1140. The Morgan fingerprint density at radius 2 is 1.55 bits per heavy atom. The number of benzene rings is 3. The predicted octanol–water partition coefficient (Wildman–Crippen LogP) is 4.27. The molecule has 158 valence electrons. The fourth-order valence-corrected chi connectivity index (χ4v) is 4.10. The maximum atomic E-state index is 12.6. The first-order valence-electron chi connectivity index (χ1n) is 9.79. The molecule has 0 aromatic heterocycles. The van der Waals surface area contributed by atoms with Crippen LogP contribution < -0.4 is 9.46 Å². The summed E-state index contributed by atoms with van der Waals surface area (Å²) in [4.78, 5) is 12.4. The Morgan fingerprint density at radius 3 is 2.16 bits per heavy atom. The number of carbonyl (C=O) groups is 1. The average Bonchev–Trinajstić information content (AvgIpc) is 2.78. The molecule has 0 aliphatic carbocycles. The fourth-order valence-electron chi connectivity index (χ4n) is 3.11. The van der Waals surface area contributed by atoms with Gasteiger partial charge < -0.3 is 4.74 Å². The van der Waals surface area contributed by atoms with E-state index in [1.165, 1.54) is 12.1 Å². The summed E-state index contributed by atoms with van der Waals surface area (Å²) in [5.41, 5.74) is 1.90. The van der Waals surface area contributed by atoms with Crippen molar-refractivity contribution in [1.29, 1.82) is 0 Å². The van der Waals surface area contributed by atoms with Gasteiger partial charge >= 0.3 is 0 Å². The predicted molar refractivity (Wildman–Crippen MR) is 120 cm³/mol. The lowest BCUT2D eigenvalue weighted by Gasteiger charge is -2.15. The van der Waals surface area contributed by atoms with Crippen molar-refractivity contribution in [3.8, 4) is 18.1 Å². The van der Waals surface area contributed by atoms with Crippen molar-refractivity contribution in [1.82, 2.24) is 4.72 Å². The lowest BCUT2D eigenvalue weighted by molar-refractivity contribution is -0.119. The molecule has 0 aliphatic rings. The number of amides is 1. The second kappa shape index (κ2) is 10.5. The number of sulfonamides is 1. The summed E-state index contributed by atoms with van der Waals surface area (Å²) in [5.74, 6) is 2.23. The number of hydrogen-bond donors (Lipinski definition) is 1. The first-order chi connectivity index (χ1) is 15.0. The van der Waals surface area contributed by atoms with Gasteiger partial charge in [0, 0.05) is 18.8 Å². The smallest absolute Gasteiger partial charge is 0.264 e. The standard InChI is InChI=1S/C25H23NO4S/c1-2-9-22(21-12-7-4-8-13-21)18-25(27)26-31(28,29)24-16-14-23(15-17-24)30-19-20-10-5-3-6-11-20/h1,3-8,10-17,22H,9,18-19H2,(H,26,27). The molecule has 6 heteroatoms. The molecular formula is C25H23NO4S. The van der Waals surface area contributed by atoms with Crippen molar-refractivity contribution in [3.63, 3.8) is 0 Å². The zero-order valence-corrected chi connectivity index (χ0v) is 17.7. The van der Waals surface area contributed by atoms with Crippen LogP contribution in [0.4, 0.5) is 0 Å². The van der Waals surface area contributed by atoms with E-state index in [1.54, 1.807) is 12.1 Å². The first-order valence-corrected chi connectivity index (χ1v) is 11.3. The van der Waals surface area contributed by atoms with Crippen LogP contribution in [0.2, 0.25) is 0 Å². The zero-order chi connectivity index (χ0) is 22.1. The van der Waals surface area contributed by atoms with Crippen LogP contribution in [0.5, 0.6) is 5.75 Å². The number of terminal acetylenes is 1. The van der Waals surface area contributed by atoms with E-state index < -0.39 is 15.9 Å².